The zero-order valence-electron chi connectivity index (χ0n) is 14.5. The van der Waals surface area contributed by atoms with E-state index in [4.69, 9.17) is 0 Å². The van der Waals surface area contributed by atoms with Crippen molar-refractivity contribution in [1.82, 2.24) is 4.90 Å². The molecule has 0 saturated heterocycles. The molecule has 0 saturated carbocycles. The van der Waals surface area contributed by atoms with Gasteiger partial charge in [0.2, 0.25) is 0 Å². The highest BCUT2D eigenvalue weighted by Gasteiger charge is 2.16. The second-order valence-electron chi connectivity index (χ2n) is 7.07. The first kappa shape index (κ1) is 16.5. The standard InChI is InChI=1S/C21H29NO/c1-3-8-18(23)15-22(2)14-17-13-16-9-4-5-10-19(16)21-12-7-6-11-20(17)21/h6-7,11-13,18,23H,3-5,8-10,14-15H2,1-2H3/t18-/m0/s1. The molecule has 1 N–H and O–H groups in total. The normalized spacial score (nSPS) is 15.8. The minimum atomic E-state index is -0.214. The fourth-order valence-corrected chi connectivity index (χ4v) is 3.98. The van der Waals surface area contributed by atoms with Gasteiger partial charge in [0, 0.05) is 13.1 Å². The smallest absolute Gasteiger partial charge is 0.0667 e. The number of aliphatic hydroxyl groups is 1. The van der Waals surface area contributed by atoms with E-state index >= 15 is 0 Å². The van der Waals surface area contributed by atoms with Crippen LogP contribution in [0.5, 0.6) is 0 Å². The first-order chi connectivity index (χ1) is 11.2. The number of nitrogens with zero attached hydrogens (tertiary/aromatic N) is 1. The number of fused-ring (bicyclic) bond motifs is 3. The predicted octanol–water partition coefficient (Wildman–Crippen LogP) is 4.31. The molecular formula is C21H29NO. The van der Waals surface area contributed by atoms with E-state index in [9.17, 15) is 5.11 Å². The predicted molar refractivity (Wildman–Crippen MR) is 97.8 cm³/mol. The number of hydrogen-bond donors (Lipinski definition) is 1. The average molecular weight is 311 g/mol. The van der Waals surface area contributed by atoms with Gasteiger partial charge in [0.15, 0.2) is 0 Å². The van der Waals surface area contributed by atoms with Crippen LogP contribution < -0.4 is 0 Å². The summed E-state index contributed by atoms with van der Waals surface area (Å²) in [6.45, 7) is 3.79. The summed E-state index contributed by atoms with van der Waals surface area (Å²) >= 11 is 0. The summed E-state index contributed by atoms with van der Waals surface area (Å²) in [5.74, 6) is 0. The van der Waals surface area contributed by atoms with E-state index in [1.165, 1.54) is 42.0 Å². The Morgan fingerprint density at radius 3 is 2.65 bits per heavy atom. The summed E-state index contributed by atoms with van der Waals surface area (Å²) in [6, 6.07) is 11.3. The largest absolute Gasteiger partial charge is 0.392 e. The molecule has 0 heterocycles. The van der Waals surface area contributed by atoms with Crippen molar-refractivity contribution in [2.24, 2.45) is 0 Å². The van der Waals surface area contributed by atoms with Crippen LogP contribution in [0, 0.1) is 0 Å². The lowest BCUT2D eigenvalue weighted by molar-refractivity contribution is 0.114. The Bertz CT molecular complexity index is 664. The summed E-state index contributed by atoms with van der Waals surface area (Å²) in [5.41, 5.74) is 4.53. The molecular weight excluding hydrogens is 282 g/mol. The summed E-state index contributed by atoms with van der Waals surface area (Å²) in [6.07, 6.45) is 6.78. The van der Waals surface area contributed by atoms with Gasteiger partial charge in [0.25, 0.3) is 0 Å². The van der Waals surface area contributed by atoms with Crippen LogP contribution in [0.1, 0.15) is 49.3 Å². The molecule has 0 fully saturated rings. The fraction of sp³-hybridized carbons (Fsp3) is 0.524. The van der Waals surface area contributed by atoms with Crippen molar-refractivity contribution >= 4 is 10.8 Å². The van der Waals surface area contributed by atoms with Crippen molar-refractivity contribution in [3.63, 3.8) is 0 Å². The van der Waals surface area contributed by atoms with Crippen molar-refractivity contribution in [2.45, 2.75) is 58.1 Å². The molecule has 2 heteroatoms. The van der Waals surface area contributed by atoms with Gasteiger partial charge in [-0.25, -0.2) is 0 Å². The highest BCUT2D eigenvalue weighted by Crippen LogP contribution is 2.32. The first-order valence-electron chi connectivity index (χ1n) is 9.08. The molecule has 0 unspecified atom stereocenters. The van der Waals surface area contributed by atoms with Crippen molar-refractivity contribution < 1.29 is 5.11 Å². The molecule has 2 aromatic rings. The topological polar surface area (TPSA) is 23.5 Å². The van der Waals surface area contributed by atoms with Crippen molar-refractivity contribution in [3.8, 4) is 0 Å². The Morgan fingerprint density at radius 2 is 1.87 bits per heavy atom. The van der Waals surface area contributed by atoms with Gasteiger partial charge in [-0.05, 0) is 66.6 Å². The molecule has 3 rings (SSSR count). The van der Waals surface area contributed by atoms with Gasteiger partial charge in [0.05, 0.1) is 6.10 Å². The maximum absolute atomic E-state index is 10.1. The highest BCUT2D eigenvalue weighted by atomic mass is 16.3. The summed E-state index contributed by atoms with van der Waals surface area (Å²) in [4.78, 5) is 2.26. The van der Waals surface area contributed by atoms with E-state index in [1.807, 2.05) is 0 Å². The number of hydrogen-bond acceptors (Lipinski definition) is 2. The monoisotopic (exact) mass is 311 g/mol. The molecule has 124 valence electrons. The molecule has 0 radical (unpaired) electrons. The maximum atomic E-state index is 10.1. The van der Waals surface area contributed by atoms with Gasteiger partial charge in [0.1, 0.15) is 0 Å². The van der Waals surface area contributed by atoms with E-state index in [1.54, 1.807) is 11.1 Å². The lowest BCUT2D eigenvalue weighted by atomic mass is 9.85. The van der Waals surface area contributed by atoms with E-state index in [-0.39, 0.29) is 6.10 Å². The third kappa shape index (κ3) is 3.76. The Hall–Kier alpha value is -1.38. The lowest BCUT2D eigenvalue weighted by Crippen LogP contribution is -2.28. The molecule has 0 aromatic heterocycles. The van der Waals surface area contributed by atoms with Crippen molar-refractivity contribution in [1.29, 1.82) is 0 Å². The highest BCUT2D eigenvalue weighted by molar-refractivity contribution is 5.90. The van der Waals surface area contributed by atoms with Gasteiger partial charge >= 0.3 is 0 Å². The average Bonchev–Trinajstić information content (AvgIpc) is 2.55. The zero-order chi connectivity index (χ0) is 16.2. The van der Waals surface area contributed by atoms with E-state index in [0.29, 0.717) is 0 Å². The molecule has 2 aromatic carbocycles. The van der Waals surface area contributed by atoms with E-state index < -0.39 is 0 Å². The van der Waals surface area contributed by atoms with Gasteiger partial charge < -0.3 is 5.11 Å². The number of aryl methyl sites for hydroxylation is 2. The Morgan fingerprint density at radius 1 is 1.13 bits per heavy atom. The SMILES string of the molecule is CCC[C@H](O)CN(C)Cc1cc2c(c3ccccc13)CCCC2. The van der Waals surface area contributed by atoms with E-state index in [0.717, 1.165) is 25.9 Å². The van der Waals surface area contributed by atoms with Crippen molar-refractivity contribution in [3.05, 3.63) is 47.0 Å². The molecule has 1 aliphatic rings. The molecule has 1 atom stereocenters. The molecule has 0 bridgehead atoms. The quantitative estimate of drug-likeness (QED) is 0.859. The van der Waals surface area contributed by atoms with Gasteiger partial charge in [-0.15, -0.1) is 0 Å². The second-order valence-corrected chi connectivity index (χ2v) is 7.07. The number of aliphatic hydroxyl groups excluding tert-OH is 1. The van der Waals surface area contributed by atoms with Gasteiger partial charge in [-0.1, -0.05) is 43.7 Å². The molecule has 0 amide bonds. The van der Waals surface area contributed by atoms with Crippen molar-refractivity contribution in [2.75, 3.05) is 13.6 Å². The summed E-state index contributed by atoms with van der Waals surface area (Å²) < 4.78 is 0. The number of likely N-dealkylation sites (N-methyl/N-ethyl adjacent to an activating group) is 1. The maximum Gasteiger partial charge on any atom is 0.0667 e. The minimum absolute atomic E-state index is 0.214. The Kier molecular flexibility index (Phi) is 5.34. The summed E-state index contributed by atoms with van der Waals surface area (Å²) in [5, 5.41) is 12.9. The van der Waals surface area contributed by atoms with Crippen LogP contribution in [0.4, 0.5) is 0 Å². The molecule has 23 heavy (non-hydrogen) atoms. The summed E-state index contributed by atoms with van der Waals surface area (Å²) in [7, 11) is 2.12. The third-order valence-corrected chi connectivity index (χ3v) is 5.04. The Labute approximate surface area is 140 Å². The third-order valence-electron chi connectivity index (χ3n) is 5.04. The molecule has 2 nitrogen and oxygen atoms in total. The lowest BCUT2D eigenvalue weighted by Gasteiger charge is -2.24. The molecule has 1 aliphatic carbocycles. The first-order valence-corrected chi connectivity index (χ1v) is 9.08. The number of benzene rings is 2. The second kappa shape index (κ2) is 7.46. The van der Waals surface area contributed by atoms with Crippen LogP contribution in [0.3, 0.4) is 0 Å². The molecule has 0 spiro atoms. The fourth-order valence-electron chi connectivity index (χ4n) is 3.98. The van der Waals surface area contributed by atoms with Gasteiger partial charge in [-0.2, -0.15) is 0 Å². The minimum Gasteiger partial charge on any atom is -0.392 e. The zero-order valence-corrected chi connectivity index (χ0v) is 14.5. The van der Waals surface area contributed by atoms with Crippen LogP contribution in [0.2, 0.25) is 0 Å². The van der Waals surface area contributed by atoms with Crippen LogP contribution in [-0.4, -0.2) is 29.7 Å². The number of rotatable bonds is 6. The van der Waals surface area contributed by atoms with Crippen LogP contribution in [0.25, 0.3) is 10.8 Å². The molecule has 0 aliphatic heterocycles. The van der Waals surface area contributed by atoms with Crippen LogP contribution in [-0.2, 0) is 19.4 Å². The van der Waals surface area contributed by atoms with Crippen LogP contribution in [0.15, 0.2) is 30.3 Å². The Balaban J connectivity index is 1.88. The van der Waals surface area contributed by atoms with Crippen LogP contribution >= 0.6 is 0 Å². The van der Waals surface area contributed by atoms with E-state index in [2.05, 4.69) is 49.2 Å². The van der Waals surface area contributed by atoms with Gasteiger partial charge in [-0.3, -0.25) is 4.90 Å².